The van der Waals surface area contributed by atoms with Gasteiger partial charge >= 0.3 is 7.69 Å². The van der Waals surface area contributed by atoms with Crippen LogP contribution in [0.3, 0.4) is 0 Å². The number of hydrogen-bond acceptors (Lipinski definition) is 2. The first-order valence-electron chi connectivity index (χ1n) is 13.6. The molecule has 2 aromatic carbocycles. The number of nitrogens with zero attached hydrogens (tertiary/aromatic N) is 1. The van der Waals surface area contributed by atoms with Crippen molar-refractivity contribution in [1.82, 2.24) is 4.57 Å². The molecule has 0 bridgehead atoms. The number of aryl methyl sites for hydroxylation is 2. The van der Waals surface area contributed by atoms with E-state index in [1.165, 1.54) is 116 Å². The van der Waals surface area contributed by atoms with Crippen molar-refractivity contribution in [3.8, 4) is 0 Å². The highest BCUT2D eigenvalue weighted by atomic mass is 16.4. The zero-order chi connectivity index (χ0) is 24.8. The summed E-state index contributed by atoms with van der Waals surface area (Å²) in [6.07, 6.45) is 18.3. The average Bonchev–Trinajstić information content (AvgIpc) is 3.13. The van der Waals surface area contributed by atoms with Gasteiger partial charge in [-0.25, -0.2) is 0 Å². The first kappa shape index (κ1) is 28.5. The predicted molar refractivity (Wildman–Crippen MR) is 150 cm³/mol. The second-order valence-electron chi connectivity index (χ2n) is 10.1. The summed E-state index contributed by atoms with van der Waals surface area (Å²) >= 11 is 0. The third kappa shape index (κ3) is 8.78. The lowest BCUT2D eigenvalue weighted by Crippen LogP contribution is -2.04. The summed E-state index contributed by atoms with van der Waals surface area (Å²) in [5.74, 6) is 0. The van der Waals surface area contributed by atoms with Crippen LogP contribution in [0.25, 0.3) is 21.8 Å². The van der Waals surface area contributed by atoms with Gasteiger partial charge in [-0.15, -0.1) is 0 Å². The van der Waals surface area contributed by atoms with Crippen LogP contribution in [-0.4, -0.2) is 22.3 Å². The van der Waals surface area contributed by atoms with Crippen LogP contribution in [0.5, 0.6) is 0 Å². The van der Waals surface area contributed by atoms with Crippen molar-refractivity contribution < 1.29 is 10.0 Å². The first-order chi connectivity index (χ1) is 16.5. The fraction of sp³-hybridized carbons (Fsp3) is 0.600. The highest BCUT2D eigenvalue weighted by molar-refractivity contribution is 6.13. The summed E-state index contributed by atoms with van der Waals surface area (Å²) in [5.41, 5.74) is 5.50. The smallest absolute Gasteiger partial charge is 0.429 e. The number of unbranched alkanes of at least 4 members (excludes halogenated alkanes) is 11. The quantitative estimate of drug-likeness (QED) is 0.185. The minimum absolute atomic E-state index is 0. The van der Waals surface area contributed by atoms with Crippen molar-refractivity contribution >= 4 is 29.5 Å². The molecule has 0 amide bonds. The molecule has 0 saturated carbocycles. The van der Waals surface area contributed by atoms with Gasteiger partial charge in [-0.05, 0) is 51.5 Å². The first-order valence-corrected chi connectivity index (χ1v) is 13.6. The molecule has 0 aliphatic carbocycles. The van der Waals surface area contributed by atoms with Crippen molar-refractivity contribution in [2.75, 3.05) is 0 Å². The molecule has 34 heavy (non-hydrogen) atoms. The number of benzene rings is 2. The van der Waals surface area contributed by atoms with Crippen LogP contribution in [0, 0.1) is 13.8 Å². The molecule has 3 rings (SSSR count). The Balaban J connectivity index is 0.00000129. The molecule has 3 nitrogen and oxygen atoms in total. The van der Waals surface area contributed by atoms with Gasteiger partial charge in [-0.2, -0.15) is 0 Å². The Hall–Kier alpha value is -1.78. The van der Waals surface area contributed by atoms with Gasteiger partial charge in [-0.3, -0.25) is 0 Å². The molecule has 2 N–H and O–H groups in total. The highest BCUT2D eigenvalue weighted by Crippen LogP contribution is 2.34. The maximum absolute atomic E-state index is 7.00. The van der Waals surface area contributed by atoms with Crippen molar-refractivity contribution in [2.45, 2.75) is 117 Å². The van der Waals surface area contributed by atoms with E-state index in [4.69, 9.17) is 10.0 Å². The van der Waals surface area contributed by atoms with E-state index in [1.54, 1.807) is 0 Å². The van der Waals surface area contributed by atoms with E-state index in [2.05, 4.69) is 68.7 Å². The molecule has 187 valence electrons. The van der Waals surface area contributed by atoms with Crippen LogP contribution in [0.15, 0.2) is 36.4 Å². The lowest BCUT2D eigenvalue weighted by atomic mass is 10.0. The fourth-order valence-corrected chi connectivity index (χ4v) is 5.17. The number of aromatic nitrogens is 1. The van der Waals surface area contributed by atoms with Gasteiger partial charge in [0.2, 0.25) is 0 Å². The van der Waals surface area contributed by atoms with E-state index in [9.17, 15) is 0 Å². The third-order valence-electron chi connectivity index (χ3n) is 7.03. The summed E-state index contributed by atoms with van der Waals surface area (Å²) in [6, 6.07) is 14.5. The summed E-state index contributed by atoms with van der Waals surface area (Å²) < 4.78 is 2.60. The Morgan fingerprint density at radius 3 is 1.47 bits per heavy atom. The van der Waals surface area contributed by atoms with Crippen LogP contribution in [0.4, 0.5) is 0 Å². The van der Waals surface area contributed by atoms with E-state index in [1.807, 2.05) is 0 Å². The van der Waals surface area contributed by atoms with Crippen LogP contribution in [0.2, 0.25) is 0 Å². The molecule has 1 heterocycles. The fourth-order valence-electron chi connectivity index (χ4n) is 5.17. The minimum atomic E-state index is 0. The molecule has 1 unspecified atom stereocenters. The molecule has 1 aromatic heterocycles. The lowest BCUT2D eigenvalue weighted by molar-refractivity contribution is 0.448. The topological polar surface area (TPSA) is 45.4 Å². The molecule has 0 saturated heterocycles. The zero-order valence-electron chi connectivity index (χ0n) is 22.2. The van der Waals surface area contributed by atoms with E-state index in [-0.39, 0.29) is 7.69 Å². The summed E-state index contributed by atoms with van der Waals surface area (Å²) in [7, 11) is 0. The van der Waals surface area contributed by atoms with E-state index < -0.39 is 0 Å². The highest BCUT2D eigenvalue weighted by Gasteiger charge is 2.15. The second-order valence-corrected chi connectivity index (χ2v) is 10.1. The molecule has 0 fully saturated rings. The summed E-state index contributed by atoms with van der Waals surface area (Å²) in [5, 5.41) is 16.8. The molecule has 0 aliphatic rings. The summed E-state index contributed by atoms with van der Waals surface area (Å²) in [6.45, 7) is 9.12. The molecule has 1 atom stereocenters. The third-order valence-corrected chi connectivity index (χ3v) is 7.03. The van der Waals surface area contributed by atoms with Gasteiger partial charge in [0.15, 0.2) is 0 Å². The van der Waals surface area contributed by atoms with Crippen molar-refractivity contribution in [3.05, 3.63) is 47.5 Å². The van der Waals surface area contributed by atoms with Crippen molar-refractivity contribution in [2.24, 2.45) is 0 Å². The SMILES string of the molecule is CCCCCCCCCCCCCCC(C)n1c2ccc(C)cc2c2cc(C)ccc21.O[B]O. The molecule has 0 aliphatic heterocycles. The molecule has 1 radical (unpaired) electrons. The van der Waals surface area contributed by atoms with E-state index in [0.717, 1.165) is 0 Å². The Bertz CT molecular complexity index is 906. The van der Waals surface area contributed by atoms with Crippen LogP contribution in [0.1, 0.15) is 114 Å². The molecule has 3 aromatic rings. The largest absolute Gasteiger partial charge is 0.482 e. The monoisotopic (exact) mass is 464 g/mol. The van der Waals surface area contributed by atoms with Gasteiger partial charge in [0.25, 0.3) is 0 Å². The Labute approximate surface area is 208 Å². The standard InChI is InChI=1S/C30H45N.BH2O2/c1-5-6-7-8-9-10-11-12-13-14-15-16-17-26(4)31-29-20-18-24(2)22-27(29)28-23-25(3)19-21-30(28)31;2-1-3/h18-23,26H,5-17H2,1-4H3;2-3H. The van der Waals surface area contributed by atoms with Crippen LogP contribution < -0.4 is 0 Å². The van der Waals surface area contributed by atoms with Gasteiger partial charge in [-0.1, -0.05) is 107 Å². The van der Waals surface area contributed by atoms with Crippen LogP contribution in [-0.2, 0) is 0 Å². The maximum Gasteiger partial charge on any atom is 0.482 e. The predicted octanol–water partition coefficient (Wildman–Crippen LogP) is 8.57. The zero-order valence-corrected chi connectivity index (χ0v) is 22.2. The number of fused-ring (bicyclic) bond motifs is 3. The molecule has 0 spiro atoms. The van der Waals surface area contributed by atoms with E-state index >= 15 is 0 Å². The molecular formula is C30H47BNO2. The molecule has 4 heteroatoms. The van der Waals surface area contributed by atoms with Crippen molar-refractivity contribution in [1.29, 1.82) is 0 Å². The molecular weight excluding hydrogens is 417 g/mol. The van der Waals surface area contributed by atoms with Crippen LogP contribution >= 0.6 is 0 Å². The Kier molecular flexibility index (Phi) is 13.4. The van der Waals surface area contributed by atoms with Gasteiger partial charge in [0.05, 0.1) is 0 Å². The minimum Gasteiger partial charge on any atom is -0.429 e. The summed E-state index contributed by atoms with van der Waals surface area (Å²) in [4.78, 5) is 0. The normalized spacial score (nSPS) is 12.1. The number of hydrogen-bond donors (Lipinski definition) is 2. The number of rotatable bonds is 14. The second kappa shape index (κ2) is 16.0. The van der Waals surface area contributed by atoms with Gasteiger partial charge in [0, 0.05) is 27.8 Å². The van der Waals surface area contributed by atoms with E-state index in [0.29, 0.717) is 6.04 Å². The Morgan fingerprint density at radius 2 is 1.06 bits per heavy atom. The Morgan fingerprint density at radius 1 is 0.676 bits per heavy atom. The maximum atomic E-state index is 7.00. The lowest BCUT2D eigenvalue weighted by Gasteiger charge is -2.17. The average molecular weight is 465 g/mol. The van der Waals surface area contributed by atoms with Crippen molar-refractivity contribution in [3.63, 3.8) is 0 Å². The van der Waals surface area contributed by atoms with Gasteiger partial charge in [0.1, 0.15) is 0 Å². The van der Waals surface area contributed by atoms with Gasteiger partial charge < -0.3 is 14.6 Å².